The van der Waals surface area contributed by atoms with Crippen molar-refractivity contribution < 1.29 is 9.21 Å². The van der Waals surface area contributed by atoms with Crippen molar-refractivity contribution >= 4 is 5.91 Å². The van der Waals surface area contributed by atoms with Gasteiger partial charge in [0.1, 0.15) is 11.5 Å². The van der Waals surface area contributed by atoms with Crippen molar-refractivity contribution in [2.75, 3.05) is 13.6 Å². The molecular weight excluding hydrogens is 288 g/mol. The molecule has 1 atom stereocenters. The van der Waals surface area contributed by atoms with Crippen LogP contribution in [0, 0.1) is 6.92 Å². The molecule has 122 valence electrons. The second kappa shape index (κ2) is 7.01. The van der Waals surface area contributed by atoms with Crippen LogP contribution in [0.25, 0.3) is 11.3 Å². The molecular formula is C19H24N2O2. The van der Waals surface area contributed by atoms with Gasteiger partial charge >= 0.3 is 0 Å². The van der Waals surface area contributed by atoms with Gasteiger partial charge in [0.05, 0.1) is 6.04 Å². The van der Waals surface area contributed by atoms with Crippen LogP contribution in [0.5, 0.6) is 0 Å². The zero-order valence-corrected chi connectivity index (χ0v) is 13.8. The molecule has 2 aromatic rings. The monoisotopic (exact) mass is 312 g/mol. The Hall–Kier alpha value is -2.07. The summed E-state index contributed by atoms with van der Waals surface area (Å²) in [7, 11) is 1.72. The van der Waals surface area contributed by atoms with E-state index in [1.165, 1.54) is 5.56 Å². The van der Waals surface area contributed by atoms with E-state index in [-0.39, 0.29) is 11.9 Å². The topological polar surface area (TPSA) is 45.5 Å². The molecule has 1 aromatic heterocycles. The summed E-state index contributed by atoms with van der Waals surface area (Å²) in [5.41, 5.74) is 2.30. The molecule has 0 spiro atoms. The first-order chi connectivity index (χ1) is 11.2. The number of likely N-dealkylation sites (N-methyl/N-ethyl adjacent to an activating group) is 1. The lowest BCUT2D eigenvalue weighted by atomic mass is 10.00. The number of likely N-dealkylation sites (tertiary alicyclic amines) is 1. The van der Waals surface area contributed by atoms with Crippen molar-refractivity contribution in [2.24, 2.45) is 0 Å². The molecule has 2 heterocycles. The first-order valence-corrected chi connectivity index (χ1v) is 8.29. The van der Waals surface area contributed by atoms with Crippen molar-refractivity contribution in [3.8, 4) is 11.3 Å². The van der Waals surface area contributed by atoms with Crippen molar-refractivity contribution in [1.82, 2.24) is 10.2 Å². The van der Waals surface area contributed by atoms with Gasteiger partial charge in [-0.2, -0.15) is 0 Å². The van der Waals surface area contributed by atoms with Crippen LogP contribution in [0.2, 0.25) is 0 Å². The van der Waals surface area contributed by atoms with Gasteiger partial charge in [0.2, 0.25) is 5.91 Å². The Kier molecular flexibility index (Phi) is 4.82. The minimum absolute atomic E-state index is 0.0109. The summed E-state index contributed by atoms with van der Waals surface area (Å²) in [6.07, 6.45) is 3.22. The molecule has 1 unspecified atom stereocenters. The second-order valence-electron chi connectivity index (χ2n) is 6.21. The Morgan fingerprint density at radius 1 is 1.30 bits per heavy atom. The van der Waals surface area contributed by atoms with Crippen LogP contribution in [0.15, 0.2) is 40.8 Å². The van der Waals surface area contributed by atoms with Crippen molar-refractivity contribution in [2.45, 2.75) is 38.8 Å². The molecule has 1 saturated heterocycles. The maximum atomic E-state index is 12.1. The molecule has 1 fully saturated rings. The fourth-order valence-electron chi connectivity index (χ4n) is 3.29. The Bertz CT molecular complexity index is 678. The summed E-state index contributed by atoms with van der Waals surface area (Å²) >= 11 is 0. The summed E-state index contributed by atoms with van der Waals surface area (Å²) in [6.45, 7) is 3.73. The maximum absolute atomic E-state index is 12.1. The molecule has 0 saturated carbocycles. The number of rotatable bonds is 4. The number of piperidine rings is 1. The largest absolute Gasteiger partial charge is 0.461 e. The minimum Gasteiger partial charge on any atom is -0.461 e. The Labute approximate surface area is 137 Å². The number of carbonyl (C=O) groups is 1. The smallest absolute Gasteiger partial charge is 0.237 e. The van der Waals surface area contributed by atoms with E-state index >= 15 is 0 Å². The lowest BCUT2D eigenvalue weighted by Gasteiger charge is -2.34. The summed E-state index contributed by atoms with van der Waals surface area (Å²) in [5, 5.41) is 2.79. The fourth-order valence-corrected chi connectivity index (χ4v) is 3.29. The van der Waals surface area contributed by atoms with Gasteiger partial charge < -0.3 is 9.73 Å². The molecule has 1 N–H and O–H groups in total. The van der Waals surface area contributed by atoms with Crippen LogP contribution in [0.4, 0.5) is 0 Å². The standard InChI is InChI=1S/C19H24N2O2/c1-14-9-10-18(23-14)16-7-5-6-15(12-16)13-21-11-4-3-8-17(21)19(22)20-2/h5-7,9-10,12,17H,3-4,8,11,13H2,1-2H3,(H,20,22). The normalized spacial score (nSPS) is 18.8. The van der Waals surface area contributed by atoms with E-state index in [1.54, 1.807) is 7.05 Å². The maximum Gasteiger partial charge on any atom is 0.237 e. The van der Waals surface area contributed by atoms with E-state index in [4.69, 9.17) is 4.42 Å². The highest BCUT2D eigenvalue weighted by molar-refractivity contribution is 5.81. The lowest BCUT2D eigenvalue weighted by molar-refractivity contribution is -0.127. The van der Waals surface area contributed by atoms with Gasteiger partial charge in [-0.25, -0.2) is 0 Å². The molecule has 4 nitrogen and oxygen atoms in total. The van der Waals surface area contributed by atoms with Gasteiger partial charge in [-0.15, -0.1) is 0 Å². The number of nitrogens with one attached hydrogen (secondary N) is 1. The molecule has 23 heavy (non-hydrogen) atoms. The van der Waals surface area contributed by atoms with Gasteiger partial charge in [0.15, 0.2) is 0 Å². The zero-order valence-electron chi connectivity index (χ0n) is 13.8. The van der Waals surface area contributed by atoms with E-state index in [0.717, 1.165) is 49.4 Å². The predicted octanol–water partition coefficient (Wildman–Crippen LogP) is 3.36. The molecule has 1 aromatic carbocycles. The molecule has 0 aliphatic carbocycles. The number of hydrogen-bond donors (Lipinski definition) is 1. The first-order valence-electron chi connectivity index (χ1n) is 8.29. The number of hydrogen-bond acceptors (Lipinski definition) is 3. The third-order valence-electron chi connectivity index (χ3n) is 4.50. The summed E-state index contributed by atoms with van der Waals surface area (Å²) in [5.74, 6) is 1.94. The fraction of sp³-hybridized carbons (Fsp3) is 0.421. The predicted molar refractivity (Wildman–Crippen MR) is 91.0 cm³/mol. The van der Waals surface area contributed by atoms with E-state index in [2.05, 4.69) is 34.5 Å². The molecule has 3 rings (SSSR count). The van der Waals surface area contributed by atoms with E-state index in [1.807, 2.05) is 19.1 Å². The van der Waals surface area contributed by atoms with Gasteiger partial charge in [-0.05, 0) is 50.1 Å². The van der Waals surface area contributed by atoms with Crippen LogP contribution in [0.3, 0.4) is 0 Å². The molecule has 0 radical (unpaired) electrons. The lowest BCUT2D eigenvalue weighted by Crippen LogP contribution is -2.48. The minimum atomic E-state index is -0.0109. The number of furan rings is 1. The summed E-state index contributed by atoms with van der Waals surface area (Å²) in [6, 6.07) is 12.4. The number of benzene rings is 1. The average molecular weight is 312 g/mol. The SMILES string of the molecule is CNC(=O)C1CCCCN1Cc1cccc(-c2ccc(C)o2)c1. The van der Waals surface area contributed by atoms with Crippen LogP contribution < -0.4 is 5.32 Å². The molecule has 1 amide bonds. The quantitative estimate of drug-likeness (QED) is 0.941. The number of carbonyl (C=O) groups excluding carboxylic acids is 1. The Morgan fingerprint density at radius 2 is 2.17 bits per heavy atom. The molecule has 4 heteroatoms. The summed E-state index contributed by atoms with van der Waals surface area (Å²) < 4.78 is 5.71. The summed E-state index contributed by atoms with van der Waals surface area (Å²) in [4.78, 5) is 14.4. The second-order valence-corrected chi connectivity index (χ2v) is 6.21. The van der Waals surface area contributed by atoms with Crippen molar-refractivity contribution in [3.63, 3.8) is 0 Å². The third kappa shape index (κ3) is 3.64. The van der Waals surface area contributed by atoms with Gasteiger partial charge in [0, 0.05) is 19.2 Å². The molecule has 0 bridgehead atoms. The highest BCUT2D eigenvalue weighted by Crippen LogP contribution is 2.25. The van der Waals surface area contributed by atoms with E-state index in [9.17, 15) is 4.79 Å². The van der Waals surface area contributed by atoms with E-state index in [0.29, 0.717) is 0 Å². The van der Waals surface area contributed by atoms with E-state index < -0.39 is 0 Å². The van der Waals surface area contributed by atoms with Gasteiger partial charge in [0.25, 0.3) is 0 Å². The van der Waals surface area contributed by atoms with Crippen molar-refractivity contribution in [1.29, 1.82) is 0 Å². The average Bonchev–Trinajstić information content (AvgIpc) is 3.01. The van der Waals surface area contributed by atoms with Crippen LogP contribution in [-0.4, -0.2) is 30.4 Å². The van der Waals surface area contributed by atoms with Crippen molar-refractivity contribution in [3.05, 3.63) is 47.7 Å². The first kappa shape index (κ1) is 15.8. The number of nitrogens with zero attached hydrogens (tertiary/aromatic N) is 1. The molecule has 1 aliphatic heterocycles. The zero-order chi connectivity index (χ0) is 16.2. The van der Waals surface area contributed by atoms with Crippen LogP contribution >= 0.6 is 0 Å². The van der Waals surface area contributed by atoms with Crippen LogP contribution in [-0.2, 0) is 11.3 Å². The number of aryl methyl sites for hydroxylation is 1. The number of amides is 1. The van der Waals surface area contributed by atoms with Gasteiger partial charge in [-0.3, -0.25) is 9.69 Å². The third-order valence-corrected chi connectivity index (χ3v) is 4.50. The van der Waals surface area contributed by atoms with Gasteiger partial charge in [-0.1, -0.05) is 24.6 Å². The Balaban J connectivity index is 1.78. The Morgan fingerprint density at radius 3 is 2.91 bits per heavy atom. The highest BCUT2D eigenvalue weighted by Gasteiger charge is 2.27. The highest BCUT2D eigenvalue weighted by atomic mass is 16.3. The molecule has 1 aliphatic rings. The van der Waals surface area contributed by atoms with Crippen LogP contribution in [0.1, 0.15) is 30.6 Å².